The van der Waals surface area contributed by atoms with Crippen molar-refractivity contribution in [3.8, 4) is 17.4 Å². The average Bonchev–Trinajstić information content (AvgIpc) is 3.08. The fourth-order valence-electron chi connectivity index (χ4n) is 2.38. The second kappa shape index (κ2) is 4.56. The summed E-state index contributed by atoms with van der Waals surface area (Å²) in [5, 5.41) is 10.9. The van der Waals surface area contributed by atoms with E-state index in [0.29, 0.717) is 11.3 Å². The van der Waals surface area contributed by atoms with Crippen LogP contribution < -0.4 is 9.47 Å². The van der Waals surface area contributed by atoms with Crippen LogP contribution in [0.4, 0.5) is 5.69 Å². The number of rotatable bonds is 2. The zero-order valence-corrected chi connectivity index (χ0v) is 11.0. The number of fused-ring (bicyclic) bond motifs is 2. The van der Waals surface area contributed by atoms with Gasteiger partial charge in [0.25, 0.3) is 0 Å². The van der Waals surface area contributed by atoms with E-state index in [2.05, 4.69) is 9.98 Å². The minimum atomic E-state index is 0.112. The summed E-state index contributed by atoms with van der Waals surface area (Å²) in [5.41, 5.74) is 2.29. The van der Waals surface area contributed by atoms with Crippen LogP contribution in [0.25, 0.3) is 10.9 Å². The number of hydrogen-bond donors (Lipinski definition) is 2. The Morgan fingerprint density at radius 2 is 1.95 bits per heavy atom. The largest absolute Gasteiger partial charge is 0.494 e. The van der Waals surface area contributed by atoms with Gasteiger partial charge < -0.3 is 19.6 Å². The summed E-state index contributed by atoms with van der Waals surface area (Å²) in [4.78, 5) is 7.32. The Morgan fingerprint density at radius 1 is 1.10 bits per heavy atom. The monoisotopic (exact) mass is 280 g/mol. The molecule has 0 saturated heterocycles. The molecule has 5 heteroatoms. The third kappa shape index (κ3) is 1.99. The fourth-order valence-corrected chi connectivity index (χ4v) is 2.38. The van der Waals surface area contributed by atoms with Gasteiger partial charge in [0.1, 0.15) is 0 Å². The van der Waals surface area contributed by atoms with Crippen molar-refractivity contribution in [3.05, 3.63) is 48.0 Å². The molecule has 3 aromatic rings. The molecule has 104 valence electrons. The smallest absolute Gasteiger partial charge is 0.231 e. The maximum absolute atomic E-state index is 9.98. The molecule has 2 aromatic carbocycles. The molecule has 2 heterocycles. The van der Waals surface area contributed by atoms with E-state index in [1.165, 1.54) is 0 Å². The summed E-state index contributed by atoms with van der Waals surface area (Å²) < 4.78 is 10.6. The zero-order valence-electron chi connectivity index (χ0n) is 11.0. The molecule has 0 amide bonds. The highest BCUT2D eigenvalue weighted by atomic mass is 16.7. The van der Waals surface area contributed by atoms with E-state index in [1.54, 1.807) is 6.21 Å². The second-order valence-electron chi connectivity index (χ2n) is 4.73. The molecule has 2 N–H and O–H groups in total. The van der Waals surface area contributed by atoms with E-state index < -0.39 is 0 Å². The maximum atomic E-state index is 9.98. The van der Waals surface area contributed by atoms with E-state index >= 15 is 0 Å². The summed E-state index contributed by atoms with van der Waals surface area (Å²) in [6.07, 6.45) is 1.64. The van der Waals surface area contributed by atoms with Gasteiger partial charge in [0.2, 0.25) is 6.79 Å². The van der Waals surface area contributed by atoms with Gasteiger partial charge in [-0.2, -0.15) is 0 Å². The molecule has 21 heavy (non-hydrogen) atoms. The topological polar surface area (TPSA) is 66.8 Å². The number of hydrogen-bond acceptors (Lipinski definition) is 4. The Balaban J connectivity index is 1.72. The van der Waals surface area contributed by atoms with E-state index in [-0.39, 0.29) is 12.7 Å². The first kappa shape index (κ1) is 11.8. The number of nitrogens with zero attached hydrogens (tertiary/aromatic N) is 1. The molecule has 1 aliphatic rings. The molecular weight excluding hydrogens is 268 g/mol. The first-order valence-corrected chi connectivity index (χ1v) is 6.55. The Kier molecular flexibility index (Phi) is 2.57. The van der Waals surface area contributed by atoms with Gasteiger partial charge in [0, 0.05) is 23.2 Å². The highest BCUT2D eigenvalue weighted by Crippen LogP contribution is 2.35. The number of aromatic hydroxyl groups is 1. The average molecular weight is 280 g/mol. The number of para-hydroxylation sites is 1. The summed E-state index contributed by atoms with van der Waals surface area (Å²) in [6, 6.07) is 13.2. The van der Waals surface area contributed by atoms with Gasteiger partial charge in [-0.3, -0.25) is 4.99 Å². The third-order valence-corrected chi connectivity index (χ3v) is 3.42. The van der Waals surface area contributed by atoms with Gasteiger partial charge in [-0.15, -0.1) is 0 Å². The lowest BCUT2D eigenvalue weighted by atomic mass is 10.2. The highest BCUT2D eigenvalue weighted by molar-refractivity contribution is 6.02. The third-order valence-electron chi connectivity index (χ3n) is 3.42. The standard InChI is InChI=1S/C16H12N2O3/c19-16-12(11-3-1-2-4-13(11)18-16)8-17-10-5-6-14-15(7-10)21-9-20-14/h1-8,18-19H,9H2. The van der Waals surface area contributed by atoms with E-state index in [9.17, 15) is 5.11 Å². The van der Waals surface area contributed by atoms with Crippen LogP contribution in [0.15, 0.2) is 47.5 Å². The lowest BCUT2D eigenvalue weighted by molar-refractivity contribution is 0.174. The summed E-state index contributed by atoms with van der Waals surface area (Å²) in [7, 11) is 0. The molecule has 1 aliphatic heterocycles. The number of aliphatic imine (C=N–C) groups is 1. The van der Waals surface area contributed by atoms with Crippen molar-refractivity contribution in [2.75, 3.05) is 6.79 Å². The second-order valence-corrected chi connectivity index (χ2v) is 4.73. The first-order valence-electron chi connectivity index (χ1n) is 6.55. The number of H-pyrrole nitrogens is 1. The molecule has 0 atom stereocenters. The van der Waals surface area contributed by atoms with Crippen LogP contribution >= 0.6 is 0 Å². The fraction of sp³-hybridized carbons (Fsp3) is 0.0625. The molecule has 0 saturated carbocycles. The van der Waals surface area contributed by atoms with Crippen LogP contribution in [0.2, 0.25) is 0 Å². The Labute approximate surface area is 120 Å². The van der Waals surface area contributed by atoms with Crippen molar-refractivity contribution in [2.24, 2.45) is 4.99 Å². The van der Waals surface area contributed by atoms with Crippen molar-refractivity contribution >= 4 is 22.8 Å². The SMILES string of the molecule is Oc1[nH]c2ccccc2c1C=Nc1ccc2c(c1)OCO2. The maximum Gasteiger partial charge on any atom is 0.231 e. The van der Waals surface area contributed by atoms with Crippen LogP contribution in [0, 0.1) is 0 Å². The highest BCUT2D eigenvalue weighted by Gasteiger charge is 2.13. The van der Waals surface area contributed by atoms with Crippen LogP contribution in [0.5, 0.6) is 17.4 Å². The minimum absolute atomic E-state index is 0.112. The number of aromatic amines is 1. The Morgan fingerprint density at radius 3 is 2.90 bits per heavy atom. The minimum Gasteiger partial charge on any atom is -0.494 e. The molecule has 0 spiro atoms. The Bertz CT molecular complexity index is 852. The number of benzene rings is 2. The van der Waals surface area contributed by atoms with Gasteiger partial charge in [0.15, 0.2) is 17.4 Å². The molecule has 0 fully saturated rings. The van der Waals surface area contributed by atoms with Gasteiger partial charge in [-0.25, -0.2) is 0 Å². The van der Waals surface area contributed by atoms with Crippen LogP contribution in [-0.4, -0.2) is 23.1 Å². The zero-order chi connectivity index (χ0) is 14.2. The summed E-state index contributed by atoms with van der Waals surface area (Å²) >= 11 is 0. The molecule has 0 unspecified atom stereocenters. The molecule has 0 radical (unpaired) electrons. The quantitative estimate of drug-likeness (QED) is 0.707. The number of ether oxygens (including phenoxy) is 2. The van der Waals surface area contributed by atoms with Crippen LogP contribution in [0.3, 0.4) is 0 Å². The molecular formula is C16H12N2O3. The Hall–Kier alpha value is -2.95. The first-order chi connectivity index (χ1) is 10.3. The van der Waals surface area contributed by atoms with E-state index in [0.717, 1.165) is 22.3 Å². The van der Waals surface area contributed by atoms with Crippen LogP contribution in [-0.2, 0) is 0 Å². The molecule has 5 nitrogen and oxygen atoms in total. The van der Waals surface area contributed by atoms with E-state index in [4.69, 9.17) is 9.47 Å². The molecule has 0 aliphatic carbocycles. The van der Waals surface area contributed by atoms with Gasteiger partial charge in [-0.05, 0) is 18.2 Å². The molecule has 4 rings (SSSR count). The number of aromatic nitrogens is 1. The summed E-state index contributed by atoms with van der Waals surface area (Å²) in [6.45, 7) is 0.242. The van der Waals surface area contributed by atoms with Gasteiger partial charge in [0.05, 0.1) is 11.3 Å². The van der Waals surface area contributed by atoms with Gasteiger partial charge in [-0.1, -0.05) is 18.2 Å². The van der Waals surface area contributed by atoms with Crippen molar-refractivity contribution in [2.45, 2.75) is 0 Å². The predicted molar refractivity (Wildman–Crippen MR) is 79.8 cm³/mol. The van der Waals surface area contributed by atoms with E-state index in [1.807, 2.05) is 42.5 Å². The van der Waals surface area contributed by atoms with Crippen molar-refractivity contribution in [3.63, 3.8) is 0 Å². The number of nitrogens with one attached hydrogen (secondary N) is 1. The molecule has 1 aromatic heterocycles. The van der Waals surface area contributed by atoms with Gasteiger partial charge >= 0.3 is 0 Å². The van der Waals surface area contributed by atoms with Crippen molar-refractivity contribution < 1.29 is 14.6 Å². The lowest BCUT2D eigenvalue weighted by Crippen LogP contribution is -1.92. The normalized spacial score (nSPS) is 13.3. The summed E-state index contributed by atoms with van der Waals surface area (Å²) in [5.74, 6) is 1.53. The lowest BCUT2D eigenvalue weighted by Gasteiger charge is -1.97. The predicted octanol–water partition coefficient (Wildman–Crippen LogP) is 3.35. The van der Waals surface area contributed by atoms with Crippen molar-refractivity contribution in [1.29, 1.82) is 0 Å². The van der Waals surface area contributed by atoms with Crippen molar-refractivity contribution in [1.82, 2.24) is 4.98 Å². The van der Waals surface area contributed by atoms with Crippen LogP contribution in [0.1, 0.15) is 5.56 Å². The molecule has 0 bridgehead atoms.